The van der Waals surface area contributed by atoms with Gasteiger partial charge >= 0.3 is 0 Å². The average Bonchev–Trinajstić information content (AvgIpc) is 2.81. The SMILES string of the molecule is CCCC(C)CC(=O)Nc1ccc2c(c1)N(CC)CC2. The molecule has 1 aliphatic rings. The van der Waals surface area contributed by atoms with Crippen molar-refractivity contribution in [3.63, 3.8) is 0 Å². The highest BCUT2D eigenvalue weighted by molar-refractivity contribution is 5.91. The normalized spacial score (nSPS) is 15.1. The van der Waals surface area contributed by atoms with E-state index in [9.17, 15) is 4.79 Å². The van der Waals surface area contributed by atoms with Crippen molar-refractivity contribution >= 4 is 17.3 Å². The zero-order valence-electron chi connectivity index (χ0n) is 12.9. The molecular formula is C17H26N2O. The molecule has 1 N–H and O–H groups in total. The summed E-state index contributed by atoms with van der Waals surface area (Å²) >= 11 is 0. The van der Waals surface area contributed by atoms with E-state index in [-0.39, 0.29) is 5.91 Å². The first-order chi connectivity index (χ1) is 9.63. The monoisotopic (exact) mass is 274 g/mol. The molecule has 0 fully saturated rings. The lowest BCUT2D eigenvalue weighted by Crippen LogP contribution is -2.19. The zero-order valence-corrected chi connectivity index (χ0v) is 12.9. The Labute approximate surface area is 122 Å². The lowest BCUT2D eigenvalue weighted by Gasteiger charge is -2.17. The lowest BCUT2D eigenvalue weighted by atomic mass is 10.0. The Balaban J connectivity index is 1.98. The van der Waals surface area contributed by atoms with Crippen molar-refractivity contribution in [3.8, 4) is 0 Å². The number of hydrogen-bond acceptors (Lipinski definition) is 2. The van der Waals surface area contributed by atoms with Crippen molar-refractivity contribution in [3.05, 3.63) is 23.8 Å². The van der Waals surface area contributed by atoms with E-state index in [2.05, 4.69) is 43.1 Å². The molecule has 3 nitrogen and oxygen atoms in total. The van der Waals surface area contributed by atoms with Crippen LogP contribution < -0.4 is 10.2 Å². The first-order valence-corrected chi connectivity index (χ1v) is 7.81. The number of anilines is 2. The first kappa shape index (κ1) is 14.9. The number of hydrogen-bond donors (Lipinski definition) is 1. The van der Waals surface area contributed by atoms with Crippen LogP contribution in [0.5, 0.6) is 0 Å². The van der Waals surface area contributed by atoms with Gasteiger partial charge in [-0.1, -0.05) is 32.8 Å². The fourth-order valence-electron chi connectivity index (χ4n) is 2.98. The summed E-state index contributed by atoms with van der Waals surface area (Å²) in [6.45, 7) is 8.60. The number of rotatable bonds is 6. The van der Waals surface area contributed by atoms with Crippen molar-refractivity contribution in [1.29, 1.82) is 0 Å². The fraction of sp³-hybridized carbons (Fsp3) is 0.588. The molecule has 1 aromatic carbocycles. The Morgan fingerprint density at radius 1 is 1.40 bits per heavy atom. The largest absolute Gasteiger partial charge is 0.371 e. The standard InChI is InChI=1S/C17H26N2O/c1-4-6-13(3)11-17(20)18-15-8-7-14-9-10-19(5-2)16(14)12-15/h7-8,12-13H,4-6,9-11H2,1-3H3,(H,18,20). The van der Waals surface area contributed by atoms with Gasteiger partial charge in [-0.15, -0.1) is 0 Å². The van der Waals surface area contributed by atoms with Crippen LogP contribution in [0.15, 0.2) is 18.2 Å². The van der Waals surface area contributed by atoms with Crippen LogP contribution >= 0.6 is 0 Å². The van der Waals surface area contributed by atoms with Gasteiger partial charge in [-0.05, 0) is 37.0 Å². The first-order valence-electron chi connectivity index (χ1n) is 7.81. The molecule has 0 aromatic heterocycles. The number of carbonyl (C=O) groups excluding carboxylic acids is 1. The highest BCUT2D eigenvalue weighted by Gasteiger charge is 2.18. The van der Waals surface area contributed by atoms with Crippen molar-refractivity contribution in [1.82, 2.24) is 0 Å². The molecule has 1 aromatic rings. The van der Waals surface area contributed by atoms with Crippen molar-refractivity contribution in [2.24, 2.45) is 5.92 Å². The molecule has 2 rings (SSSR count). The van der Waals surface area contributed by atoms with Gasteiger partial charge in [-0.25, -0.2) is 0 Å². The summed E-state index contributed by atoms with van der Waals surface area (Å²) in [4.78, 5) is 14.4. The highest BCUT2D eigenvalue weighted by atomic mass is 16.1. The number of likely N-dealkylation sites (N-methyl/N-ethyl adjacent to an activating group) is 1. The van der Waals surface area contributed by atoms with Gasteiger partial charge < -0.3 is 10.2 Å². The van der Waals surface area contributed by atoms with Crippen LogP contribution in [0.3, 0.4) is 0 Å². The second-order valence-electron chi connectivity index (χ2n) is 5.82. The van der Waals surface area contributed by atoms with E-state index in [1.807, 2.05) is 6.07 Å². The molecule has 110 valence electrons. The predicted molar refractivity (Wildman–Crippen MR) is 85.4 cm³/mol. The molecule has 0 bridgehead atoms. The van der Waals surface area contributed by atoms with Crippen LogP contribution in [-0.2, 0) is 11.2 Å². The van der Waals surface area contributed by atoms with Crippen LogP contribution in [0.1, 0.15) is 45.6 Å². The van der Waals surface area contributed by atoms with E-state index in [0.29, 0.717) is 12.3 Å². The molecule has 0 aliphatic carbocycles. The summed E-state index contributed by atoms with van der Waals surface area (Å²) in [6, 6.07) is 6.30. The van der Waals surface area contributed by atoms with Crippen LogP contribution in [0.2, 0.25) is 0 Å². The molecule has 0 saturated carbocycles. The van der Waals surface area contributed by atoms with E-state index in [0.717, 1.165) is 38.0 Å². The highest BCUT2D eigenvalue weighted by Crippen LogP contribution is 2.30. The summed E-state index contributed by atoms with van der Waals surface area (Å²) in [5.74, 6) is 0.591. The molecule has 3 heteroatoms. The van der Waals surface area contributed by atoms with Gasteiger partial charge in [-0.2, -0.15) is 0 Å². The Hall–Kier alpha value is -1.51. The number of nitrogens with one attached hydrogen (secondary N) is 1. The van der Waals surface area contributed by atoms with E-state index in [4.69, 9.17) is 0 Å². The Morgan fingerprint density at radius 2 is 2.20 bits per heavy atom. The summed E-state index contributed by atoms with van der Waals surface area (Å²) < 4.78 is 0. The van der Waals surface area contributed by atoms with Gasteiger partial charge in [-0.3, -0.25) is 4.79 Å². The minimum Gasteiger partial charge on any atom is -0.371 e. The summed E-state index contributed by atoms with van der Waals surface area (Å²) in [7, 11) is 0. The van der Waals surface area contributed by atoms with Gasteiger partial charge in [0.2, 0.25) is 5.91 Å². The molecule has 1 unspecified atom stereocenters. The van der Waals surface area contributed by atoms with Gasteiger partial charge in [0, 0.05) is 30.9 Å². The third-order valence-electron chi connectivity index (χ3n) is 4.06. The number of nitrogens with zero attached hydrogens (tertiary/aromatic N) is 1. The van der Waals surface area contributed by atoms with Crippen molar-refractivity contribution in [2.45, 2.75) is 46.5 Å². The molecule has 0 saturated heterocycles. The predicted octanol–water partition coefficient (Wildman–Crippen LogP) is 3.83. The van der Waals surface area contributed by atoms with Gasteiger partial charge in [0.05, 0.1) is 0 Å². The Bertz CT molecular complexity index is 470. The average molecular weight is 274 g/mol. The third-order valence-corrected chi connectivity index (χ3v) is 4.06. The van der Waals surface area contributed by atoms with Crippen LogP contribution in [0, 0.1) is 5.92 Å². The van der Waals surface area contributed by atoms with E-state index in [1.165, 1.54) is 11.3 Å². The van der Waals surface area contributed by atoms with Crippen LogP contribution in [0.4, 0.5) is 11.4 Å². The topological polar surface area (TPSA) is 32.3 Å². The van der Waals surface area contributed by atoms with Crippen LogP contribution in [-0.4, -0.2) is 19.0 Å². The maximum Gasteiger partial charge on any atom is 0.224 e. The molecule has 1 amide bonds. The molecule has 0 radical (unpaired) electrons. The fourth-order valence-corrected chi connectivity index (χ4v) is 2.98. The quantitative estimate of drug-likeness (QED) is 0.855. The van der Waals surface area contributed by atoms with Crippen molar-refractivity contribution in [2.75, 3.05) is 23.3 Å². The zero-order chi connectivity index (χ0) is 14.5. The van der Waals surface area contributed by atoms with Gasteiger partial charge in [0.1, 0.15) is 0 Å². The lowest BCUT2D eigenvalue weighted by molar-refractivity contribution is -0.117. The molecule has 1 atom stereocenters. The van der Waals surface area contributed by atoms with Crippen molar-refractivity contribution < 1.29 is 4.79 Å². The third kappa shape index (κ3) is 3.53. The Morgan fingerprint density at radius 3 is 2.90 bits per heavy atom. The molecule has 1 aliphatic heterocycles. The maximum atomic E-state index is 12.0. The molecule has 20 heavy (non-hydrogen) atoms. The van der Waals surface area contributed by atoms with Gasteiger partial charge in [0.15, 0.2) is 0 Å². The molecule has 0 spiro atoms. The minimum atomic E-state index is 0.131. The summed E-state index contributed by atoms with van der Waals surface area (Å²) in [5.41, 5.74) is 3.61. The summed E-state index contributed by atoms with van der Waals surface area (Å²) in [6.07, 6.45) is 3.98. The van der Waals surface area contributed by atoms with E-state index < -0.39 is 0 Å². The number of carbonyl (C=O) groups is 1. The smallest absolute Gasteiger partial charge is 0.224 e. The Kier molecular flexibility index (Phi) is 5.05. The minimum absolute atomic E-state index is 0.131. The van der Waals surface area contributed by atoms with E-state index >= 15 is 0 Å². The number of benzene rings is 1. The second kappa shape index (κ2) is 6.78. The number of fused-ring (bicyclic) bond motifs is 1. The molecular weight excluding hydrogens is 248 g/mol. The van der Waals surface area contributed by atoms with Gasteiger partial charge in [0.25, 0.3) is 0 Å². The van der Waals surface area contributed by atoms with E-state index in [1.54, 1.807) is 0 Å². The number of amides is 1. The van der Waals surface area contributed by atoms with Crippen LogP contribution in [0.25, 0.3) is 0 Å². The maximum absolute atomic E-state index is 12.0. The second-order valence-corrected chi connectivity index (χ2v) is 5.82. The summed E-state index contributed by atoms with van der Waals surface area (Å²) in [5, 5.41) is 3.04. The molecule has 1 heterocycles.